The Labute approximate surface area is 99.0 Å². The number of rotatable bonds is 2. The monoisotopic (exact) mass is 266 g/mol. The van der Waals surface area contributed by atoms with Crippen LogP contribution in [-0.4, -0.2) is 6.43 Å². The SMILES string of the molecule is Cc1c(C(F)C(F)F)oc2c(Cl)cc(F)cc12. The van der Waals surface area contributed by atoms with Crippen LogP contribution in [0.1, 0.15) is 17.5 Å². The standard InChI is InChI=1S/C11H7ClF4O/c1-4-6-2-5(13)3-7(12)10(6)17-9(4)8(14)11(15)16/h2-3,8,11H,1H3. The van der Waals surface area contributed by atoms with Crippen LogP contribution < -0.4 is 0 Å². The molecule has 1 unspecified atom stereocenters. The van der Waals surface area contributed by atoms with Gasteiger partial charge in [-0.15, -0.1) is 0 Å². The van der Waals surface area contributed by atoms with Crippen LogP contribution in [0.25, 0.3) is 11.0 Å². The Kier molecular flexibility index (Phi) is 3.03. The van der Waals surface area contributed by atoms with E-state index in [0.717, 1.165) is 12.1 Å². The maximum absolute atomic E-state index is 13.2. The lowest BCUT2D eigenvalue weighted by molar-refractivity contribution is 0.0381. The molecule has 1 nitrogen and oxygen atoms in total. The van der Waals surface area contributed by atoms with E-state index in [1.165, 1.54) is 6.92 Å². The van der Waals surface area contributed by atoms with Gasteiger partial charge in [0.15, 0.2) is 5.58 Å². The van der Waals surface area contributed by atoms with Gasteiger partial charge in [-0.05, 0) is 19.1 Å². The van der Waals surface area contributed by atoms with Crippen LogP contribution in [0.15, 0.2) is 16.5 Å². The molecule has 0 spiro atoms. The smallest absolute Gasteiger partial charge is 0.276 e. The van der Waals surface area contributed by atoms with E-state index in [1.807, 2.05) is 0 Å². The van der Waals surface area contributed by atoms with Crippen molar-refractivity contribution < 1.29 is 22.0 Å². The maximum atomic E-state index is 13.2. The second kappa shape index (κ2) is 4.22. The summed E-state index contributed by atoms with van der Waals surface area (Å²) in [4.78, 5) is 0. The summed E-state index contributed by atoms with van der Waals surface area (Å²) in [6.45, 7) is 1.38. The van der Waals surface area contributed by atoms with E-state index in [9.17, 15) is 17.6 Å². The zero-order valence-electron chi connectivity index (χ0n) is 8.61. The number of aryl methyl sites for hydroxylation is 1. The normalized spacial score (nSPS) is 13.6. The van der Waals surface area contributed by atoms with Gasteiger partial charge < -0.3 is 4.42 Å². The molecule has 0 aliphatic carbocycles. The predicted octanol–water partition coefficient (Wildman–Crippen LogP) is 4.81. The van der Waals surface area contributed by atoms with Crippen molar-refractivity contribution in [3.05, 3.63) is 34.3 Å². The molecule has 2 aromatic rings. The molecular weight excluding hydrogens is 260 g/mol. The van der Waals surface area contributed by atoms with E-state index in [1.54, 1.807) is 0 Å². The molecule has 0 amide bonds. The number of hydrogen-bond acceptors (Lipinski definition) is 1. The number of alkyl halides is 3. The number of hydrogen-bond donors (Lipinski definition) is 0. The van der Waals surface area contributed by atoms with Gasteiger partial charge in [0.2, 0.25) is 6.17 Å². The van der Waals surface area contributed by atoms with Crippen molar-refractivity contribution in [3.63, 3.8) is 0 Å². The van der Waals surface area contributed by atoms with Crippen molar-refractivity contribution in [2.45, 2.75) is 19.5 Å². The maximum Gasteiger partial charge on any atom is 0.276 e. The Hall–Kier alpha value is -1.23. The van der Waals surface area contributed by atoms with Crippen LogP contribution in [0, 0.1) is 12.7 Å². The van der Waals surface area contributed by atoms with E-state index in [4.69, 9.17) is 16.0 Å². The summed E-state index contributed by atoms with van der Waals surface area (Å²) < 4.78 is 55.8. The Bertz CT molecular complexity index is 564. The van der Waals surface area contributed by atoms with E-state index in [0.29, 0.717) is 0 Å². The highest BCUT2D eigenvalue weighted by Gasteiger charge is 2.28. The second-order valence-corrected chi connectivity index (χ2v) is 4.00. The average molecular weight is 267 g/mol. The quantitative estimate of drug-likeness (QED) is 0.711. The van der Waals surface area contributed by atoms with E-state index < -0.39 is 24.2 Å². The molecule has 2 rings (SSSR count). The number of benzene rings is 1. The molecule has 0 aliphatic rings. The Morgan fingerprint density at radius 3 is 2.47 bits per heavy atom. The lowest BCUT2D eigenvalue weighted by Crippen LogP contribution is -2.02. The number of halogens is 5. The minimum Gasteiger partial charge on any atom is -0.456 e. The largest absolute Gasteiger partial charge is 0.456 e. The molecule has 0 bridgehead atoms. The highest BCUT2D eigenvalue weighted by molar-refractivity contribution is 6.34. The van der Waals surface area contributed by atoms with Crippen LogP contribution in [0.3, 0.4) is 0 Å². The molecule has 1 atom stereocenters. The lowest BCUT2D eigenvalue weighted by atomic mass is 10.1. The zero-order valence-corrected chi connectivity index (χ0v) is 9.36. The topological polar surface area (TPSA) is 13.1 Å². The van der Waals surface area contributed by atoms with E-state index in [-0.39, 0.29) is 21.6 Å². The highest BCUT2D eigenvalue weighted by atomic mass is 35.5. The molecule has 0 saturated carbocycles. The molecule has 1 aromatic carbocycles. The third-order valence-corrected chi connectivity index (χ3v) is 2.75. The summed E-state index contributed by atoms with van der Waals surface area (Å²) in [6, 6.07) is 2.05. The molecule has 1 aromatic heterocycles. The fourth-order valence-electron chi connectivity index (χ4n) is 1.64. The molecule has 0 saturated heterocycles. The van der Waals surface area contributed by atoms with Gasteiger partial charge in [-0.1, -0.05) is 11.6 Å². The third kappa shape index (κ3) is 1.99. The van der Waals surface area contributed by atoms with Crippen LogP contribution in [0.5, 0.6) is 0 Å². The summed E-state index contributed by atoms with van der Waals surface area (Å²) in [6.07, 6.45) is -5.74. The minimum absolute atomic E-state index is 0.0175. The molecule has 0 N–H and O–H groups in total. The van der Waals surface area contributed by atoms with Gasteiger partial charge in [-0.25, -0.2) is 17.6 Å². The van der Waals surface area contributed by atoms with Crippen molar-refractivity contribution in [3.8, 4) is 0 Å². The van der Waals surface area contributed by atoms with E-state index >= 15 is 0 Å². The van der Waals surface area contributed by atoms with E-state index in [2.05, 4.69) is 0 Å². The predicted molar refractivity (Wildman–Crippen MR) is 55.8 cm³/mol. The summed E-state index contributed by atoms with van der Waals surface area (Å²) in [5.41, 5.74) is 0.151. The van der Waals surface area contributed by atoms with Crippen molar-refractivity contribution in [1.82, 2.24) is 0 Å². The van der Waals surface area contributed by atoms with Gasteiger partial charge in [0.25, 0.3) is 6.43 Å². The molecule has 1 heterocycles. The van der Waals surface area contributed by atoms with Gasteiger partial charge in [0.1, 0.15) is 11.6 Å². The first-order valence-electron chi connectivity index (χ1n) is 4.72. The second-order valence-electron chi connectivity index (χ2n) is 3.59. The minimum atomic E-state index is -3.20. The Morgan fingerprint density at radius 1 is 1.24 bits per heavy atom. The first kappa shape index (κ1) is 12.2. The first-order valence-corrected chi connectivity index (χ1v) is 5.10. The molecule has 0 radical (unpaired) electrons. The molecular formula is C11H7ClF4O. The Morgan fingerprint density at radius 2 is 1.88 bits per heavy atom. The van der Waals surface area contributed by atoms with Crippen molar-refractivity contribution in [1.29, 1.82) is 0 Å². The summed E-state index contributed by atoms with van der Waals surface area (Å²) in [5.74, 6) is -1.15. The van der Waals surface area contributed by atoms with Crippen molar-refractivity contribution >= 4 is 22.6 Å². The van der Waals surface area contributed by atoms with Gasteiger partial charge >= 0.3 is 0 Å². The summed E-state index contributed by atoms with van der Waals surface area (Å²) >= 11 is 5.69. The molecule has 0 aliphatic heterocycles. The van der Waals surface area contributed by atoms with Gasteiger partial charge in [0.05, 0.1) is 5.02 Å². The van der Waals surface area contributed by atoms with Gasteiger partial charge in [-0.2, -0.15) is 0 Å². The summed E-state index contributed by atoms with van der Waals surface area (Å²) in [5, 5.41) is 0.129. The van der Waals surface area contributed by atoms with Crippen molar-refractivity contribution in [2.75, 3.05) is 0 Å². The fourth-order valence-corrected chi connectivity index (χ4v) is 1.88. The molecule has 6 heteroatoms. The Balaban J connectivity index is 2.68. The van der Waals surface area contributed by atoms with Crippen LogP contribution in [-0.2, 0) is 0 Å². The lowest BCUT2D eigenvalue weighted by Gasteiger charge is -2.03. The molecule has 0 fully saturated rings. The van der Waals surface area contributed by atoms with Gasteiger partial charge in [0, 0.05) is 10.9 Å². The number of furan rings is 1. The highest BCUT2D eigenvalue weighted by Crippen LogP contribution is 2.37. The van der Waals surface area contributed by atoms with Crippen LogP contribution in [0.4, 0.5) is 17.6 Å². The molecule has 92 valence electrons. The molecule has 17 heavy (non-hydrogen) atoms. The third-order valence-electron chi connectivity index (χ3n) is 2.47. The van der Waals surface area contributed by atoms with Crippen LogP contribution >= 0.6 is 11.6 Å². The van der Waals surface area contributed by atoms with Crippen molar-refractivity contribution in [2.24, 2.45) is 0 Å². The number of fused-ring (bicyclic) bond motifs is 1. The van der Waals surface area contributed by atoms with Gasteiger partial charge in [-0.3, -0.25) is 0 Å². The van der Waals surface area contributed by atoms with Crippen LogP contribution in [0.2, 0.25) is 5.02 Å². The summed E-state index contributed by atoms with van der Waals surface area (Å²) in [7, 11) is 0. The fraction of sp³-hybridized carbons (Fsp3) is 0.273. The zero-order chi connectivity index (χ0) is 12.7. The average Bonchev–Trinajstić information content (AvgIpc) is 2.56. The first-order chi connectivity index (χ1) is 7.91.